The molecule has 0 amide bonds. The maximum atomic E-state index is 12.6. The zero-order valence-electron chi connectivity index (χ0n) is 9.84. The van der Waals surface area contributed by atoms with Gasteiger partial charge in [0.05, 0.1) is 12.7 Å². The van der Waals surface area contributed by atoms with E-state index < -0.39 is 11.7 Å². The molecule has 17 heavy (non-hydrogen) atoms. The minimum Gasteiger partial charge on any atom is -0.496 e. The van der Waals surface area contributed by atoms with Gasteiger partial charge >= 0.3 is 6.18 Å². The van der Waals surface area contributed by atoms with Gasteiger partial charge in [0.2, 0.25) is 0 Å². The van der Waals surface area contributed by atoms with Crippen molar-refractivity contribution in [3.05, 3.63) is 29.3 Å². The first-order chi connectivity index (χ1) is 7.90. The van der Waals surface area contributed by atoms with Gasteiger partial charge in [0, 0.05) is 0 Å². The zero-order chi connectivity index (χ0) is 13.1. The Balaban J connectivity index is 3.15. The van der Waals surface area contributed by atoms with E-state index in [2.05, 4.69) is 0 Å². The van der Waals surface area contributed by atoms with Crippen LogP contribution in [0.15, 0.2) is 18.2 Å². The summed E-state index contributed by atoms with van der Waals surface area (Å²) in [6.45, 7) is 2.27. The van der Waals surface area contributed by atoms with Crippen LogP contribution in [-0.4, -0.2) is 13.7 Å². The number of nitrogens with two attached hydrogens (primary N) is 1. The van der Waals surface area contributed by atoms with Crippen LogP contribution in [0, 0.1) is 0 Å². The average molecular weight is 247 g/mol. The van der Waals surface area contributed by atoms with Gasteiger partial charge in [-0.05, 0) is 42.6 Å². The van der Waals surface area contributed by atoms with E-state index in [9.17, 15) is 13.2 Å². The van der Waals surface area contributed by atoms with Crippen LogP contribution >= 0.6 is 0 Å². The van der Waals surface area contributed by atoms with Gasteiger partial charge in [0.15, 0.2) is 0 Å². The van der Waals surface area contributed by atoms with Gasteiger partial charge in [-0.15, -0.1) is 0 Å². The van der Waals surface area contributed by atoms with E-state index in [-0.39, 0.29) is 5.92 Å². The Hall–Kier alpha value is -1.23. The highest BCUT2D eigenvalue weighted by Crippen LogP contribution is 2.35. The van der Waals surface area contributed by atoms with Crippen LogP contribution < -0.4 is 10.5 Å². The fourth-order valence-corrected chi connectivity index (χ4v) is 1.70. The molecule has 1 aromatic rings. The zero-order valence-corrected chi connectivity index (χ0v) is 9.84. The third-order valence-corrected chi connectivity index (χ3v) is 2.69. The second-order valence-corrected chi connectivity index (χ2v) is 3.93. The molecule has 0 saturated carbocycles. The standard InChI is InChI=1S/C12H16F3NO/c1-8(5-6-16)10-7-9(12(13,14)15)3-4-11(10)17-2/h3-4,7-8H,5-6,16H2,1-2H3. The van der Waals surface area contributed by atoms with Gasteiger partial charge in [0.1, 0.15) is 5.75 Å². The molecule has 96 valence electrons. The number of methoxy groups -OCH3 is 1. The van der Waals surface area contributed by atoms with E-state index in [1.807, 2.05) is 6.92 Å². The molecule has 1 rings (SSSR count). The monoisotopic (exact) mass is 247 g/mol. The lowest BCUT2D eigenvalue weighted by Gasteiger charge is -2.17. The summed E-state index contributed by atoms with van der Waals surface area (Å²) < 4.78 is 42.8. The average Bonchev–Trinajstić information content (AvgIpc) is 2.27. The molecule has 2 nitrogen and oxygen atoms in total. The van der Waals surface area contributed by atoms with E-state index >= 15 is 0 Å². The molecule has 0 aromatic heterocycles. The predicted molar refractivity (Wildman–Crippen MR) is 60.1 cm³/mol. The van der Waals surface area contributed by atoms with Crippen molar-refractivity contribution in [3.8, 4) is 5.75 Å². The van der Waals surface area contributed by atoms with Gasteiger partial charge in [-0.2, -0.15) is 13.2 Å². The molecular weight excluding hydrogens is 231 g/mol. The molecule has 1 unspecified atom stereocenters. The lowest BCUT2D eigenvalue weighted by Crippen LogP contribution is -2.09. The molecule has 0 aliphatic carbocycles. The SMILES string of the molecule is COc1ccc(C(F)(F)F)cc1C(C)CCN. The van der Waals surface area contributed by atoms with Crippen molar-refractivity contribution in [3.63, 3.8) is 0 Å². The van der Waals surface area contributed by atoms with Gasteiger partial charge in [-0.3, -0.25) is 0 Å². The highest BCUT2D eigenvalue weighted by Gasteiger charge is 2.31. The van der Waals surface area contributed by atoms with Crippen LogP contribution in [0.4, 0.5) is 13.2 Å². The summed E-state index contributed by atoms with van der Waals surface area (Å²) >= 11 is 0. The first-order valence-electron chi connectivity index (χ1n) is 5.35. The van der Waals surface area contributed by atoms with Crippen LogP contribution in [0.25, 0.3) is 0 Å². The molecule has 0 spiro atoms. The lowest BCUT2D eigenvalue weighted by molar-refractivity contribution is -0.137. The van der Waals surface area contributed by atoms with Gasteiger partial charge in [-0.1, -0.05) is 6.92 Å². The Morgan fingerprint density at radius 1 is 1.35 bits per heavy atom. The van der Waals surface area contributed by atoms with Crippen LogP contribution in [0.5, 0.6) is 5.75 Å². The lowest BCUT2D eigenvalue weighted by atomic mass is 9.95. The summed E-state index contributed by atoms with van der Waals surface area (Å²) in [6, 6.07) is 3.52. The van der Waals surface area contributed by atoms with Crippen LogP contribution in [0.2, 0.25) is 0 Å². The van der Waals surface area contributed by atoms with Gasteiger partial charge in [0.25, 0.3) is 0 Å². The van der Waals surface area contributed by atoms with Crippen LogP contribution in [0.1, 0.15) is 30.4 Å². The van der Waals surface area contributed by atoms with E-state index in [1.165, 1.54) is 13.2 Å². The highest BCUT2D eigenvalue weighted by atomic mass is 19.4. The normalized spacial score (nSPS) is 13.5. The summed E-state index contributed by atoms with van der Waals surface area (Å²) in [5.41, 5.74) is 5.31. The molecule has 0 radical (unpaired) electrons. The number of rotatable bonds is 4. The van der Waals surface area contributed by atoms with Crippen molar-refractivity contribution in [2.24, 2.45) is 5.73 Å². The third-order valence-electron chi connectivity index (χ3n) is 2.69. The summed E-state index contributed by atoms with van der Waals surface area (Å²) in [4.78, 5) is 0. The molecule has 2 N–H and O–H groups in total. The quantitative estimate of drug-likeness (QED) is 0.887. The minimum atomic E-state index is -4.33. The molecule has 0 bridgehead atoms. The summed E-state index contributed by atoms with van der Waals surface area (Å²) in [7, 11) is 1.45. The van der Waals surface area contributed by atoms with E-state index in [1.54, 1.807) is 0 Å². The number of hydrogen-bond donors (Lipinski definition) is 1. The van der Waals surface area contributed by atoms with Crippen LogP contribution in [-0.2, 0) is 6.18 Å². The molecule has 0 heterocycles. The Kier molecular flexibility index (Phi) is 4.40. The first-order valence-corrected chi connectivity index (χ1v) is 5.35. The Bertz CT molecular complexity index is 377. The molecule has 1 atom stereocenters. The van der Waals surface area contributed by atoms with E-state index in [0.717, 1.165) is 12.1 Å². The van der Waals surface area contributed by atoms with Crippen molar-refractivity contribution in [1.29, 1.82) is 0 Å². The second-order valence-electron chi connectivity index (χ2n) is 3.93. The number of halogens is 3. The smallest absolute Gasteiger partial charge is 0.416 e. The number of hydrogen-bond acceptors (Lipinski definition) is 2. The van der Waals surface area contributed by atoms with Crippen molar-refractivity contribution < 1.29 is 17.9 Å². The van der Waals surface area contributed by atoms with E-state index in [0.29, 0.717) is 24.3 Å². The molecular formula is C12H16F3NO. The van der Waals surface area contributed by atoms with Crippen molar-refractivity contribution in [1.82, 2.24) is 0 Å². The Morgan fingerprint density at radius 2 is 2.00 bits per heavy atom. The molecule has 0 aliphatic rings. The largest absolute Gasteiger partial charge is 0.496 e. The van der Waals surface area contributed by atoms with Gasteiger partial charge < -0.3 is 10.5 Å². The van der Waals surface area contributed by atoms with Crippen molar-refractivity contribution in [2.45, 2.75) is 25.4 Å². The topological polar surface area (TPSA) is 35.2 Å². The van der Waals surface area contributed by atoms with Crippen LogP contribution in [0.3, 0.4) is 0 Å². The Morgan fingerprint density at radius 3 is 2.47 bits per heavy atom. The molecule has 0 saturated heterocycles. The summed E-state index contributed by atoms with van der Waals surface area (Å²) in [5.74, 6) is 0.413. The maximum absolute atomic E-state index is 12.6. The Labute approximate surface area is 98.6 Å². The van der Waals surface area contributed by atoms with Crippen molar-refractivity contribution >= 4 is 0 Å². The molecule has 0 aliphatic heterocycles. The summed E-state index contributed by atoms with van der Waals surface area (Å²) in [5, 5.41) is 0. The molecule has 1 aromatic carbocycles. The predicted octanol–water partition coefficient (Wildman–Crippen LogP) is 3.17. The second kappa shape index (κ2) is 5.40. The third kappa shape index (κ3) is 3.36. The van der Waals surface area contributed by atoms with E-state index in [4.69, 9.17) is 10.5 Å². The highest BCUT2D eigenvalue weighted by molar-refractivity contribution is 5.40. The fourth-order valence-electron chi connectivity index (χ4n) is 1.70. The number of alkyl halides is 3. The maximum Gasteiger partial charge on any atom is 0.416 e. The minimum absolute atomic E-state index is 0.0581. The molecule has 5 heteroatoms. The fraction of sp³-hybridized carbons (Fsp3) is 0.500. The molecule has 0 fully saturated rings. The number of ether oxygens (including phenoxy) is 1. The number of benzene rings is 1. The summed E-state index contributed by atoms with van der Waals surface area (Å²) in [6.07, 6.45) is -3.71. The van der Waals surface area contributed by atoms with Crippen molar-refractivity contribution in [2.75, 3.05) is 13.7 Å². The first kappa shape index (κ1) is 13.8. The van der Waals surface area contributed by atoms with Gasteiger partial charge in [-0.25, -0.2) is 0 Å².